The zero-order chi connectivity index (χ0) is 18.5. The normalized spacial score (nSPS) is 14.3. The first-order valence-electron chi connectivity index (χ1n) is 7.44. The number of benzene rings is 1. The Bertz CT molecular complexity index is 571. The molecule has 134 valence electrons. The highest BCUT2D eigenvalue weighted by Gasteiger charge is 2.30. The summed E-state index contributed by atoms with van der Waals surface area (Å²) < 4.78 is 37.5. The van der Waals surface area contributed by atoms with Crippen molar-refractivity contribution < 1.29 is 27.9 Å². The minimum Gasteiger partial charge on any atom is -0.383 e. The van der Waals surface area contributed by atoms with E-state index in [4.69, 9.17) is 5.73 Å². The minimum absolute atomic E-state index is 0.0619. The van der Waals surface area contributed by atoms with E-state index in [1.54, 1.807) is 0 Å². The van der Waals surface area contributed by atoms with Gasteiger partial charge in [0.2, 0.25) is 11.8 Å². The number of hydrogen-bond donors (Lipinski definition) is 3. The van der Waals surface area contributed by atoms with Crippen LogP contribution >= 0.6 is 0 Å². The molecule has 8 heteroatoms. The number of amides is 2. The van der Waals surface area contributed by atoms with Crippen LogP contribution in [-0.4, -0.2) is 29.1 Å². The average Bonchev–Trinajstić information content (AvgIpc) is 2.45. The predicted octanol–water partition coefficient (Wildman–Crippen LogP) is 1.62. The van der Waals surface area contributed by atoms with Crippen molar-refractivity contribution in [2.75, 3.05) is 0 Å². The number of nitrogens with one attached hydrogen (secondary N) is 1. The van der Waals surface area contributed by atoms with Gasteiger partial charge < -0.3 is 16.2 Å². The van der Waals surface area contributed by atoms with Crippen molar-refractivity contribution in [2.24, 2.45) is 11.7 Å². The molecule has 0 saturated carbocycles. The van der Waals surface area contributed by atoms with Crippen molar-refractivity contribution in [1.82, 2.24) is 5.32 Å². The number of aliphatic hydroxyl groups excluding tert-OH is 1. The van der Waals surface area contributed by atoms with Crippen LogP contribution in [0.25, 0.3) is 0 Å². The summed E-state index contributed by atoms with van der Waals surface area (Å²) in [6.07, 6.45) is -5.57. The number of aliphatic hydroxyl groups is 1. The summed E-state index contributed by atoms with van der Waals surface area (Å²) in [5.74, 6) is -1.49. The van der Waals surface area contributed by atoms with Crippen LogP contribution < -0.4 is 11.1 Å². The summed E-state index contributed by atoms with van der Waals surface area (Å²) in [5, 5.41) is 12.1. The van der Waals surface area contributed by atoms with E-state index in [1.165, 1.54) is 12.1 Å². The van der Waals surface area contributed by atoms with Crippen molar-refractivity contribution in [3.63, 3.8) is 0 Å². The van der Waals surface area contributed by atoms with Crippen molar-refractivity contribution in [2.45, 2.75) is 45.0 Å². The molecule has 0 aliphatic rings. The Morgan fingerprint density at radius 3 is 2.17 bits per heavy atom. The number of nitrogens with two attached hydrogens (primary N) is 1. The largest absolute Gasteiger partial charge is 0.416 e. The lowest BCUT2D eigenvalue weighted by atomic mass is 10.0. The minimum atomic E-state index is -4.45. The monoisotopic (exact) mass is 346 g/mol. The number of halogens is 3. The molecule has 2 atom stereocenters. The second-order valence-corrected chi connectivity index (χ2v) is 6.01. The molecule has 1 aromatic carbocycles. The van der Waals surface area contributed by atoms with Crippen molar-refractivity contribution in [3.05, 3.63) is 35.4 Å². The molecule has 0 spiro atoms. The molecule has 0 aromatic heterocycles. The van der Waals surface area contributed by atoms with Gasteiger partial charge in [-0.25, -0.2) is 0 Å². The molecule has 0 saturated heterocycles. The second kappa shape index (κ2) is 8.14. The van der Waals surface area contributed by atoms with E-state index >= 15 is 0 Å². The maximum Gasteiger partial charge on any atom is 0.416 e. The summed E-state index contributed by atoms with van der Waals surface area (Å²) in [7, 11) is 0. The highest BCUT2D eigenvalue weighted by molar-refractivity contribution is 5.88. The van der Waals surface area contributed by atoms with Crippen molar-refractivity contribution >= 4 is 11.8 Å². The highest BCUT2D eigenvalue weighted by atomic mass is 19.4. The van der Waals surface area contributed by atoms with Crippen LogP contribution in [0.5, 0.6) is 0 Å². The SMILES string of the molecule is CC(C)C[C@H](O)C(=O)N[C@H](Cc1ccc(C(F)(F)F)cc1)C(N)=O. The standard InChI is InChI=1S/C16H21F3N2O3/c1-9(2)7-13(22)15(24)21-12(14(20)23)8-10-3-5-11(6-4-10)16(17,18)19/h3-6,9,12-13,22H,7-8H2,1-2H3,(H2,20,23)(H,21,24)/t12-,13+/m1/s1. The summed E-state index contributed by atoms with van der Waals surface area (Å²) in [4.78, 5) is 23.3. The van der Waals surface area contributed by atoms with Gasteiger partial charge in [-0.2, -0.15) is 13.2 Å². The Hall–Kier alpha value is -2.09. The number of hydrogen-bond acceptors (Lipinski definition) is 3. The van der Waals surface area contributed by atoms with Gasteiger partial charge in [0.25, 0.3) is 0 Å². The Kier molecular flexibility index (Phi) is 6.77. The zero-order valence-electron chi connectivity index (χ0n) is 13.4. The molecular weight excluding hydrogens is 325 g/mol. The third kappa shape index (κ3) is 6.19. The van der Waals surface area contributed by atoms with Gasteiger partial charge in [-0.1, -0.05) is 26.0 Å². The lowest BCUT2D eigenvalue weighted by Gasteiger charge is -2.19. The van der Waals surface area contributed by atoms with Crippen LogP contribution in [0.15, 0.2) is 24.3 Å². The second-order valence-electron chi connectivity index (χ2n) is 6.01. The van der Waals surface area contributed by atoms with Gasteiger partial charge >= 0.3 is 6.18 Å². The van der Waals surface area contributed by atoms with E-state index in [1.807, 2.05) is 13.8 Å². The van der Waals surface area contributed by atoms with Crippen LogP contribution in [0.2, 0.25) is 0 Å². The molecule has 1 aromatic rings. The highest BCUT2D eigenvalue weighted by Crippen LogP contribution is 2.29. The number of carbonyl (C=O) groups excluding carboxylic acids is 2. The molecule has 24 heavy (non-hydrogen) atoms. The molecule has 0 aliphatic carbocycles. The van der Waals surface area contributed by atoms with Gasteiger partial charge in [0.05, 0.1) is 5.56 Å². The predicted molar refractivity (Wildman–Crippen MR) is 81.7 cm³/mol. The van der Waals surface area contributed by atoms with E-state index < -0.39 is 35.7 Å². The van der Waals surface area contributed by atoms with Gasteiger partial charge in [0.1, 0.15) is 12.1 Å². The van der Waals surface area contributed by atoms with E-state index in [9.17, 15) is 27.9 Å². The molecule has 0 unspecified atom stereocenters. The molecule has 5 nitrogen and oxygen atoms in total. The first-order valence-corrected chi connectivity index (χ1v) is 7.44. The van der Waals surface area contributed by atoms with Crippen molar-refractivity contribution in [1.29, 1.82) is 0 Å². The summed E-state index contributed by atoms with van der Waals surface area (Å²) in [5.41, 5.74) is 4.82. The fraction of sp³-hybridized carbons (Fsp3) is 0.500. The summed E-state index contributed by atoms with van der Waals surface area (Å²) >= 11 is 0. The average molecular weight is 346 g/mol. The molecule has 1 rings (SSSR count). The van der Waals surface area contributed by atoms with E-state index in [-0.39, 0.29) is 18.8 Å². The number of rotatable bonds is 7. The first-order chi connectivity index (χ1) is 11.0. The van der Waals surface area contributed by atoms with Crippen LogP contribution in [0.4, 0.5) is 13.2 Å². The number of carbonyl (C=O) groups is 2. The van der Waals surface area contributed by atoms with E-state index in [2.05, 4.69) is 5.32 Å². The molecule has 0 fully saturated rings. The van der Waals surface area contributed by atoms with Gasteiger partial charge in [0, 0.05) is 6.42 Å². The van der Waals surface area contributed by atoms with E-state index in [0.717, 1.165) is 12.1 Å². The Balaban J connectivity index is 2.76. The Labute approximate surface area is 138 Å². The number of alkyl halides is 3. The van der Waals surface area contributed by atoms with Crippen LogP contribution in [0, 0.1) is 5.92 Å². The van der Waals surface area contributed by atoms with E-state index in [0.29, 0.717) is 5.56 Å². The lowest BCUT2D eigenvalue weighted by molar-refractivity contribution is -0.137. The van der Waals surface area contributed by atoms with Crippen molar-refractivity contribution in [3.8, 4) is 0 Å². The molecule has 0 aliphatic heterocycles. The maximum atomic E-state index is 12.5. The van der Waals surface area contributed by atoms with Crippen LogP contribution in [-0.2, 0) is 22.2 Å². The third-order valence-electron chi connectivity index (χ3n) is 3.38. The molecule has 0 bridgehead atoms. The zero-order valence-corrected chi connectivity index (χ0v) is 13.4. The molecule has 2 amide bonds. The van der Waals surface area contributed by atoms with Crippen LogP contribution in [0.1, 0.15) is 31.4 Å². The maximum absolute atomic E-state index is 12.5. The van der Waals surface area contributed by atoms with Gasteiger partial charge in [0.15, 0.2) is 0 Å². The van der Waals surface area contributed by atoms with Crippen LogP contribution in [0.3, 0.4) is 0 Å². The fourth-order valence-electron chi connectivity index (χ4n) is 2.11. The first kappa shape index (κ1) is 20.0. The third-order valence-corrected chi connectivity index (χ3v) is 3.38. The smallest absolute Gasteiger partial charge is 0.383 e. The van der Waals surface area contributed by atoms with Gasteiger partial charge in [-0.3, -0.25) is 9.59 Å². The Morgan fingerprint density at radius 1 is 1.21 bits per heavy atom. The summed E-state index contributed by atoms with van der Waals surface area (Å²) in [6, 6.07) is 3.10. The molecule has 0 radical (unpaired) electrons. The fourth-order valence-corrected chi connectivity index (χ4v) is 2.11. The molecule has 4 N–H and O–H groups in total. The van der Waals surface area contributed by atoms with Gasteiger partial charge in [-0.05, 0) is 30.0 Å². The van der Waals surface area contributed by atoms with Gasteiger partial charge in [-0.15, -0.1) is 0 Å². The summed E-state index contributed by atoms with van der Waals surface area (Å²) in [6.45, 7) is 3.65. The molecule has 0 heterocycles. The number of primary amides is 1. The topological polar surface area (TPSA) is 92.4 Å². The molecular formula is C16H21F3N2O3. The quantitative estimate of drug-likeness (QED) is 0.700. The Morgan fingerprint density at radius 2 is 1.75 bits per heavy atom. The lowest BCUT2D eigenvalue weighted by Crippen LogP contribution is -2.49.